The first-order valence-electron chi connectivity index (χ1n) is 6.69. The molecule has 0 aliphatic heterocycles. The zero-order valence-corrected chi connectivity index (χ0v) is 13.4. The first-order chi connectivity index (χ1) is 10.5. The number of hydrogen-bond donors (Lipinski definition) is 0. The van der Waals surface area contributed by atoms with Crippen LogP contribution in [0.2, 0.25) is 0 Å². The average molecular weight is 317 g/mol. The molecule has 114 valence electrons. The summed E-state index contributed by atoms with van der Waals surface area (Å²) >= 11 is 1.37. The Labute approximate surface area is 132 Å². The number of nitriles is 1. The monoisotopic (exact) mass is 317 g/mol. The van der Waals surface area contributed by atoms with Crippen molar-refractivity contribution in [2.75, 3.05) is 6.61 Å². The maximum atomic E-state index is 11.8. The van der Waals surface area contributed by atoms with Gasteiger partial charge in [-0.15, -0.1) is 0 Å². The van der Waals surface area contributed by atoms with Crippen molar-refractivity contribution in [2.45, 2.75) is 31.6 Å². The van der Waals surface area contributed by atoms with Gasteiger partial charge in [-0.3, -0.25) is 0 Å². The fourth-order valence-electron chi connectivity index (χ4n) is 1.81. The summed E-state index contributed by atoms with van der Waals surface area (Å²) in [5.74, 6) is 0.757. The lowest BCUT2D eigenvalue weighted by molar-refractivity contribution is 0.0524. The standard InChI is InChI=1S/C15H15N3O3S/c1-4-20-15(19)13-6-11(7-16)14(17-10(13)3)22-8-12-5-9(2)18-21-12/h5-6H,4,8H2,1-3H3. The Kier molecular flexibility index (Phi) is 5.17. The highest BCUT2D eigenvalue weighted by Gasteiger charge is 2.16. The lowest BCUT2D eigenvalue weighted by Crippen LogP contribution is -2.09. The van der Waals surface area contributed by atoms with Gasteiger partial charge >= 0.3 is 5.97 Å². The average Bonchev–Trinajstić information content (AvgIpc) is 2.91. The lowest BCUT2D eigenvalue weighted by Gasteiger charge is -2.08. The highest BCUT2D eigenvalue weighted by molar-refractivity contribution is 7.98. The van der Waals surface area contributed by atoms with Gasteiger partial charge in [-0.2, -0.15) is 5.26 Å². The molecule has 0 aromatic carbocycles. The van der Waals surface area contributed by atoms with E-state index in [2.05, 4.69) is 16.2 Å². The van der Waals surface area contributed by atoms with Crippen molar-refractivity contribution in [2.24, 2.45) is 0 Å². The maximum absolute atomic E-state index is 11.8. The predicted octanol–water partition coefficient (Wildman–Crippen LogP) is 3.03. The molecule has 0 aliphatic carbocycles. The number of pyridine rings is 1. The summed E-state index contributed by atoms with van der Waals surface area (Å²) in [7, 11) is 0. The van der Waals surface area contributed by atoms with E-state index < -0.39 is 5.97 Å². The van der Waals surface area contributed by atoms with E-state index in [0.717, 1.165) is 5.69 Å². The van der Waals surface area contributed by atoms with Crippen LogP contribution in [-0.4, -0.2) is 22.7 Å². The quantitative estimate of drug-likeness (QED) is 0.618. The summed E-state index contributed by atoms with van der Waals surface area (Å²) in [6.45, 7) is 5.57. The van der Waals surface area contributed by atoms with Crippen LogP contribution in [0.1, 0.15) is 40.0 Å². The molecule has 2 aromatic rings. The van der Waals surface area contributed by atoms with Crippen molar-refractivity contribution in [3.8, 4) is 6.07 Å². The van der Waals surface area contributed by atoms with Crippen molar-refractivity contribution >= 4 is 17.7 Å². The van der Waals surface area contributed by atoms with Gasteiger partial charge in [0.1, 0.15) is 16.9 Å². The summed E-state index contributed by atoms with van der Waals surface area (Å²) in [6.07, 6.45) is 0. The fraction of sp³-hybridized carbons (Fsp3) is 0.333. The molecule has 22 heavy (non-hydrogen) atoms. The summed E-state index contributed by atoms with van der Waals surface area (Å²) in [4.78, 5) is 16.2. The minimum absolute atomic E-state index is 0.279. The van der Waals surface area contributed by atoms with Gasteiger partial charge in [0.05, 0.1) is 34.9 Å². The second kappa shape index (κ2) is 7.09. The third-order valence-electron chi connectivity index (χ3n) is 2.82. The Morgan fingerprint density at radius 3 is 2.82 bits per heavy atom. The van der Waals surface area contributed by atoms with Crippen molar-refractivity contribution in [1.29, 1.82) is 5.26 Å². The molecule has 6 nitrogen and oxygen atoms in total. The number of esters is 1. The third kappa shape index (κ3) is 3.65. The number of aromatic nitrogens is 2. The molecule has 0 unspecified atom stereocenters. The molecule has 0 amide bonds. The number of rotatable bonds is 5. The molecular formula is C15H15N3O3S. The van der Waals surface area contributed by atoms with Crippen molar-refractivity contribution in [3.05, 3.63) is 40.4 Å². The van der Waals surface area contributed by atoms with E-state index in [1.807, 2.05) is 13.0 Å². The van der Waals surface area contributed by atoms with E-state index in [1.54, 1.807) is 13.8 Å². The third-order valence-corrected chi connectivity index (χ3v) is 3.84. The minimum atomic E-state index is -0.466. The molecule has 0 radical (unpaired) electrons. The molecule has 0 saturated carbocycles. The molecule has 2 rings (SSSR count). The highest BCUT2D eigenvalue weighted by atomic mass is 32.2. The number of hydrogen-bond acceptors (Lipinski definition) is 7. The molecule has 2 heterocycles. The van der Waals surface area contributed by atoms with E-state index >= 15 is 0 Å². The zero-order chi connectivity index (χ0) is 16.1. The van der Waals surface area contributed by atoms with Gasteiger partial charge < -0.3 is 9.26 Å². The molecule has 0 fully saturated rings. The first-order valence-corrected chi connectivity index (χ1v) is 7.67. The van der Waals surface area contributed by atoms with Crippen LogP contribution in [0, 0.1) is 25.2 Å². The van der Waals surface area contributed by atoms with Crippen LogP contribution in [0.5, 0.6) is 0 Å². The topological polar surface area (TPSA) is 89.0 Å². The number of ether oxygens (including phenoxy) is 1. The maximum Gasteiger partial charge on any atom is 0.340 e. The Bertz CT molecular complexity index is 734. The molecule has 7 heteroatoms. The predicted molar refractivity (Wildman–Crippen MR) is 80.4 cm³/mol. The van der Waals surface area contributed by atoms with Gasteiger partial charge in [-0.1, -0.05) is 16.9 Å². The normalized spacial score (nSPS) is 10.3. The van der Waals surface area contributed by atoms with Crippen LogP contribution in [0.15, 0.2) is 21.7 Å². The Hall–Kier alpha value is -2.33. The van der Waals surface area contributed by atoms with Crippen molar-refractivity contribution in [3.63, 3.8) is 0 Å². The van der Waals surface area contributed by atoms with E-state index in [0.29, 0.717) is 33.4 Å². The number of carbonyl (C=O) groups is 1. The van der Waals surface area contributed by atoms with Gasteiger partial charge in [0, 0.05) is 6.07 Å². The van der Waals surface area contributed by atoms with Gasteiger partial charge in [0.25, 0.3) is 0 Å². The first kappa shape index (κ1) is 16.0. The smallest absolute Gasteiger partial charge is 0.340 e. The second-order valence-electron chi connectivity index (χ2n) is 4.53. The number of carbonyl (C=O) groups excluding carboxylic acids is 1. The molecule has 0 bridgehead atoms. The zero-order valence-electron chi connectivity index (χ0n) is 12.5. The Morgan fingerprint density at radius 1 is 1.45 bits per heavy atom. The van der Waals surface area contributed by atoms with Crippen LogP contribution in [0.3, 0.4) is 0 Å². The number of thioether (sulfide) groups is 1. The molecule has 0 N–H and O–H groups in total. The van der Waals surface area contributed by atoms with Crippen molar-refractivity contribution < 1.29 is 14.1 Å². The van der Waals surface area contributed by atoms with E-state index in [9.17, 15) is 10.1 Å². The van der Waals surface area contributed by atoms with Gasteiger partial charge in [0.2, 0.25) is 0 Å². The molecular weight excluding hydrogens is 302 g/mol. The van der Waals surface area contributed by atoms with Gasteiger partial charge in [-0.25, -0.2) is 9.78 Å². The van der Waals surface area contributed by atoms with Gasteiger partial charge in [-0.05, 0) is 26.8 Å². The fourth-order valence-corrected chi connectivity index (χ4v) is 2.69. The van der Waals surface area contributed by atoms with Crippen LogP contribution in [0.25, 0.3) is 0 Å². The van der Waals surface area contributed by atoms with Crippen LogP contribution in [-0.2, 0) is 10.5 Å². The number of nitrogens with zero attached hydrogens (tertiary/aromatic N) is 3. The van der Waals surface area contributed by atoms with Crippen molar-refractivity contribution in [1.82, 2.24) is 10.1 Å². The van der Waals surface area contributed by atoms with E-state index in [-0.39, 0.29) is 6.61 Å². The largest absolute Gasteiger partial charge is 0.462 e. The Morgan fingerprint density at radius 2 is 2.23 bits per heavy atom. The van der Waals surface area contributed by atoms with E-state index in [4.69, 9.17) is 9.26 Å². The molecule has 0 aliphatic rings. The molecule has 0 spiro atoms. The summed E-state index contributed by atoms with van der Waals surface area (Å²) < 4.78 is 10.1. The summed E-state index contributed by atoms with van der Waals surface area (Å²) in [5.41, 5.74) is 2.00. The second-order valence-corrected chi connectivity index (χ2v) is 5.49. The summed E-state index contributed by atoms with van der Waals surface area (Å²) in [6, 6.07) is 5.42. The summed E-state index contributed by atoms with van der Waals surface area (Å²) in [5, 5.41) is 13.6. The SMILES string of the molecule is CCOC(=O)c1cc(C#N)c(SCc2cc(C)no2)nc1C. The van der Waals surface area contributed by atoms with E-state index in [1.165, 1.54) is 17.8 Å². The number of aryl methyl sites for hydroxylation is 2. The van der Waals surface area contributed by atoms with Crippen LogP contribution >= 0.6 is 11.8 Å². The Balaban J connectivity index is 2.23. The molecule has 0 saturated heterocycles. The molecule has 2 aromatic heterocycles. The highest BCUT2D eigenvalue weighted by Crippen LogP contribution is 2.26. The molecule has 0 atom stereocenters. The minimum Gasteiger partial charge on any atom is -0.462 e. The van der Waals surface area contributed by atoms with Gasteiger partial charge in [0.15, 0.2) is 0 Å². The van der Waals surface area contributed by atoms with Crippen LogP contribution < -0.4 is 0 Å². The lowest BCUT2D eigenvalue weighted by atomic mass is 10.1. The van der Waals surface area contributed by atoms with Crippen LogP contribution in [0.4, 0.5) is 0 Å².